The fraction of sp³-hybridized carbons (Fsp3) is 0.500. The number of nitrogens with zero attached hydrogens (tertiary/aromatic N) is 3. The van der Waals surface area contributed by atoms with E-state index in [4.69, 9.17) is 9.73 Å². The number of rotatable bonds is 8. The summed E-state index contributed by atoms with van der Waals surface area (Å²) in [5, 5.41) is 6.85. The fourth-order valence-electron chi connectivity index (χ4n) is 4.59. The number of amides is 1. The Morgan fingerprint density at radius 2 is 1.97 bits per heavy atom. The smallest absolute Gasteiger partial charge is 0.225 e. The zero-order chi connectivity index (χ0) is 22.9. The standard InChI is InChI=1S/C26H35N5O2/c1-2-27-26(30-23-14-16-31(18-23)25(32)21-11-6-7-12-21)29-17-22-13-8-15-28-24(22)33-19-20-9-4-3-5-10-20/h3-5,8-10,13,15,21,23H,2,6-7,11-12,14,16-19H2,1H3,(H2,27,29,30). The second-order valence-electron chi connectivity index (χ2n) is 8.83. The van der Waals surface area contributed by atoms with Crippen molar-refractivity contribution < 1.29 is 9.53 Å². The average molecular weight is 450 g/mol. The van der Waals surface area contributed by atoms with Crippen LogP contribution in [0.1, 0.15) is 50.2 Å². The lowest BCUT2D eigenvalue weighted by Gasteiger charge is -2.21. The predicted molar refractivity (Wildman–Crippen MR) is 130 cm³/mol. The van der Waals surface area contributed by atoms with E-state index in [1.165, 1.54) is 12.8 Å². The van der Waals surface area contributed by atoms with Gasteiger partial charge in [-0.2, -0.15) is 0 Å². The minimum absolute atomic E-state index is 0.218. The first-order chi connectivity index (χ1) is 16.2. The highest BCUT2D eigenvalue weighted by Gasteiger charge is 2.32. The molecular formula is C26H35N5O2. The first-order valence-corrected chi connectivity index (χ1v) is 12.2. The summed E-state index contributed by atoms with van der Waals surface area (Å²) in [5.74, 6) is 1.95. The number of guanidine groups is 1. The number of likely N-dealkylation sites (tertiary alicyclic amines) is 1. The molecule has 0 spiro atoms. The minimum Gasteiger partial charge on any atom is -0.473 e. The third kappa shape index (κ3) is 6.46. The van der Waals surface area contributed by atoms with Crippen molar-refractivity contribution in [1.82, 2.24) is 20.5 Å². The van der Waals surface area contributed by atoms with Gasteiger partial charge in [-0.05, 0) is 37.8 Å². The molecule has 1 amide bonds. The maximum atomic E-state index is 12.7. The number of aliphatic imine (C=N–C) groups is 1. The highest BCUT2D eigenvalue weighted by molar-refractivity contribution is 5.81. The van der Waals surface area contributed by atoms with E-state index in [1.807, 2.05) is 47.4 Å². The summed E-state index contributed by atoms with van der Waals surface area (Å²) in [6.45, 7) is 5.34. The van der Waals surface area contributed by atoms with Crippen molar-refractivity contribution in [2.24, 2.45) is 10.9 Å². The Morgan fingerprint density at radius 3 is 2.76 bits per heavy atom. The summed E-state index contributed by atoms with van der Waals surface area (Å²) in [6.07, 6.45) is 7.17. The molecule has 1 aliphatic heterocycles. The van der Waals surface area contributed by atoms with E-state index in [-0.39, 0.29) is 12.0 Å². The van der Waals surface area contributed by atoms with Gasteiger partial charge in [0.1, 0.15) is 6.61 Å². The first kappa shape index (κ1) is 23.1. The molecular weight excluding hydrogens is 414 g/mol. The van der Waals surface area contributed by atoms with Gasteiger partial charge in [0, 0.05) is 43.4 Å². The number of pyridine rings is 1. The van der Waals surface area contributed by atoms with E-state index in [1.54, 1.807) is 6.20 Å². The van der Waals surface area contributed by atoms with Crippen molar-refractivity contribution in [1.29, 1.82) is 0 Å². The normalized spacial score (nSPS) is 19.0. The molecule has 1 aromatic heterocycles. The van der Waals surface area contributed by atoms with Gasteiger partial charge in [0.25, 0.3) is 0 Å². The number of ether oxygens (including phenoxy) is 1. The molecule has 1 saturated heterocycles. The van der Waals surface area contributed by atoms with Crippen LogP contribution in [0.3, 0.4) is 0 Å². The van der Waals surface area contributed by atoms with Crippen LogP contribution in [0, 0.1) is 5.92 Å². The van der Waals surface area contributed by atoms with Gasteiger partial charge in [-0.1, -0.05) is 49.2 Å². The highest BCUT2D eigenvalue weighted by atomic mass is 16.5. The van der Waals surface area contributed by atoms with Crippen LogP contribution in [0.5, 0.6) is 5.88 Å². The summed E-state index contributed by atoms with van der Waals surface area (Å²) < 4.78 is 5.97. The molecule has 7 nitrogen and oxygen atoms in total. The predicted octanol–water partition coefficient (Wildman–Crippen LogP) is 3.51. The Balaban J connectivity index is 1.34. The Bertz CT molecular complexity index is 927. The molecule has 1 aromatic carbocycles. The van der Waals surface area contributed by atoms with Crippen molar-refractivity contribution >= 4 is 11.9 Å². The van der Waals surface area contributed by atoms with Gasteiger partial charge in [-0.3, -0.25) is 4.79 Å². The van der Waals surface area contributed by atoms with Crippen LogP contribution in [-0.4, -0.2) is 47.4 Å². The topological polar surface area (TPSA) is 78.9 Å². The Kier molecular flexibility index (Phi) is 8.17. The van der Waals surface area contributed by atoms with E-state index >= 15 is 0 Å². The number of hydrogen-bond donors (Lipinski definition) is 2. The molecule has 0 radical (unpaired) electrons. The number of benzene rings is 1. The molecule has 2 heterocycles. The van der Waals surface area contributed by atoms with Crippen molar-refractivity contribution in [3.63, 3.8) is 0 Å². The van der Waals surface area contributed by atoms with Crippen LogP contribution in [0.4, 0.5) is 0 Å². The van der Waals surface area contributed by atoms with Crippen LogP contribution in [0.2, 0.25) is 0 Å². The van der Waals surface area contributed by atoms with Crippen LogP contribution >= 0.6 is 0 Å². The molecule has 33 heavy (non-hydrogen) atoms. The van der Waals surface area contributed by atoms with Crippen LogP contribution in [-0.2, 0) is 17.9 Å². The Hall–Kier alpha value is -3.09. The third-order valence-corrected chi connectivity index (χ3v) is 6.37. The number of hydrogen-bond acceptors (Lipinski definition) is 4. The van der Waals surface area contributed by atoms with Crippen molar-refractivity contribution in [2.45, 2.75) is 58.2 Å². The van der Waals surface area contributed by atoms with Crippen LogP contribution < -0.4 is 15.4 Å². The zero-order valence-corrected chi connectivity index (χ0v) is 19.5. The van der Waals surface area contributed by atoms with E-state index in [9.17, 15) is 4.79 Å². The quantitative estimate of drug-likeness (QED) is 0.476. The molecule has 1 unspecified atom stereocenters. The maximum Gasteiger partial charge on any atom is 0.225 e. The average Bonchev–Trinajstić information content (AvgIpc) is 3.55. The molecule has 4 rings (SSSR count). The second-order valence-corrected chi connectivity index (χ2v) is 8.83. The Morgan fingerprint density at radius 1 is 1.15 bits per heavy atom. The lowest BCUT2D eigenvalue weighted by Crippen LogP contribution is -2.45. The second kappa shape index (κ2) is 11.7. The van der Waals surface area contributed by atoms with Gasteiger partial charge < -0.3 is 20.3 Å². The largest absolute Gasteiger partial charge is 0.473 e. The third-order valence-electron chi connectivity index (χ3n) is 6.37. The first-order valence-electron chi connectivity index (χ1n) is 12.2. The van der Waals surface area contributed by atoms with Crippen LogP contribution in [0.25, 0.3) is 0 Å². The molecule has 2 aromatic rings. The summed E-state index contributed by atoms with van der Waals surface area (Å²) in [4.78, 5) is 24.0. The van der Waals surface area contributed by atoms with E-state index < -0.39 is 0 Å². The van der Waals surface area contributed by atoms with E-state index in [2.05, 4.69) is 22.5 Å². The molecule has 2 fully saturated rings. The van der Waals surface area contributed by atoms with E-state index in [0.717, 1.165) is 56.0 Å². The molecule has 1 aliphatic carbocycles. The Labute approximate surface area is 196 Å². The van der Waals surface area contributed by atoms with Crippen molar-refractivity contribution in [3.8, 4) is 5.88 Å². The van der Waals surface area contributed by atoms with Crippen molar-refractivity contribution in [2.75, 3.05) is 19.6 Å². The zero-order valence-electron chi connectivity index (χ0n) is 19.5. The summed E-state index contributed by atoms with van der Waals surface area (Å²) in [6, 6.07) is 14.2. The van der Waals surface area contributed by atoms with Gasteiger partial charge in [-0.15, -0.1) is 0 Å². The molecule has 1 atom stereocenters. The van der Waals surface area contributed by atoms with Crippen LogP contribution in [0.15, 0.2) is 53.7 Å². The maximum absolute atomic E-state index is 12.7. The summed E-state index contributed by atoms with van der Waals surface area (Å²) >= 11 is 0. The van der Waals surface area contributed by atoms with Gasteiger partial charge >= 0.3 is 0 Å². The summed E-state index contributed by atoms with van der Waals surface area (Å²) in [5.41, 5.74) is 2.04. The van der Waals surface area contributed by atoms with Gasteiger partial charge in [0.05, 0.1) is 6.54 Å². The number of aromatic nitrogens is 1. The lowest BCUT2D eigenvalue weighted by atomic mass is 10.1. The SMILES string of the molecule is CCNC(=NCc1cccnc1OCc1ccccc1)NC1CCN(C(=O)C2CCCC2)C1. The molecule has 2 N–H and O–H groups in total. The fourth-order valence-corrected chi connectivity index (χ4v) is 4.59. The van der Waals surface area contributed by atoms with Crippen molar-refractivity contribution in [3.05, 3.63) is 59.8 Å². The number of nitrogens with one attached hydrogen (secondary N) is 2. The highest BCUT2D eigenvalue weighted by Crippen LogP contribution is 2.28. The van der Waals surface area contributed by atoms with Gasteiger partial charge in [-0.25, -0.2) is 9.98 Å². The molecule has 1 saturated carbocycles. The molecule has 176 valence electrons. The number of carbonyl (C=O) groups excluding carboxylic acids is 1. The number of carbonyl (C=O) groups is 1. The molecule has 0 bridgehead atoms. The molecule has 7 heteroatoms. The molecule has 2 aliphatic rings. The van der Waals surface area contributed by atoms with Gasteiger partial charge in [0.15, 0.2) is 5.96 Å². The minimum atomic E-state index is 0.218. The van der Waals surface area contributed by atoms with E-state index in [0.29, 0.717) is 24.9 Å². The van der Waals surface area contributed by atoms with Gasteiger partial charge in [0.2, 0.25) is 11.8 Å². The lowest BCUT2D eigenvalue weighted by molar-refractivity contribution is -0.134. The summed E-state index contributed by atoms with van der Waals surface area (Å²) in [7, 11) is 0. The monoisotopic (exact) mass is 449 g/mol.